The van der Waals surface area contributed by atoms with E-state index < -0.39 is 11.9 Å². The third-order valence-electron chi connectivity index (χ3n) is 3.42. The van der Waals surface area contributed by atoms with Crippen LogP contribution in [-0.4, -0.2) is 52.0 Å². The SMILES string of the molecule is CCC(C)N1CC(F)(F)CCC1CSCC(=O)O. The van der Waals surface area contributed by atoms with Crippen molar-refractivity contribution in [1.82, 2.24) is 4.90 Å². The van der Waals surface area contributed by atoms with Gasteiger partial charge >= 0.3 is 5.97 Å². The molecule has 0 amide bonds. The smallest absolute Gasteiger partial charge is 0.313 e. The summed E-state index contributed by atoms with van der Waals surface area (Å²) in [6.07, 6.45) is 1.19. The number of nitrogens with zero attached hydrogens (tertiary/aromatic N) is 1. The molecule has 1 N–H and O–H groups in total. The van der Waals surface area contributed by atoms with Crippen LogP contribution in [0.1, 0.15) is 33.1 Å². The molecule has 0 aliphatic carbocycles. The van der Waals surface area contributed by atoms with Gasteiger partial charge in [-0.15, -0.1) is 11.8 Å². The van der Waals surface area contributed by atoms with E-state index in [1.54, 1.807) is 0 Å². The molecule has 1 aliphatic rings. The molecule has 1 heterocycles. The van der Waals surface area contributed by atoms with E-state index in [4.69, 9.17) is 5.11 Å². The van der Waals surface area contributed by atoms with Gasteiger partial charge in [0.1, 0.15) is 0 Å². The first-order valence-electron chi connectivity index (χ1n) is 6.29. The maximum atomic E-state index is 13.4. The summed E-state index contributed by atoms with van der Waals surface area (Å²) < 4.78 is 26.9. The molecule has 1 saturated heterocycles. The van der Waals surface area contributed by atoms with Crippen molar-refractivity contribution < 1.29 is 18.7 Å². The van der Waals surface area contributed by atoms with Crippen LogP contribution in [0.3, 0.4) is 0 Å². The van der Waals surface area contributed by atoms with Gasteiger partial charge in [0.05, 0.1) is 12.3 Å². The predicted octanol–water partition coefficient (Wildman–Crippen LogP) is 2.70. The quantitative estimate of drug-likeness (QED) is 0.812. The number of carboxylic acids is 1. The van der Waals surface area contributed by atoms with E-state index in [1.807, 2.05) is 18.7 Å². The van der Waals surface area contributed by atoms with Gasteiger partial charge in [-0.3, -0.25) is 9.69 Å². The zero-order valence-corrected chi connectivity index (χ0v) is 11.7. The molecule has 0 aromatic rings. The molecular weight excluding hydrogens is 260 g/mol. The van der Waals surface area contributed by atoms with Crippen molar-refractivity contribution in [1.29, 1.82) is 0 Å². The highest BCUT2D eigenvalue weighted by Gasteiger charge is 2.41. The fraction of sp³-hybridized carbons (Fsp3) is 0.917. The van der Waals surface area contributed by atoms with Gasteiger partial charge in [0.2, 0.25) is 0 Å². The minimum absolute atomic E-state index is 0.0429. The molecule has 106 valence electrons. The average Bonchev–Trinajstić information content (AvgIpc) is 2.29. The summed E-state index contributed by atoms with van der Waals surface area (Å²) in [6, 6.07) is 0.190. The molecule has 1 aliphatic heterocycles. The van der Waals surface area contributed by atoms with Gasteiger partial charge in [-0.25, -0.2) is 8.78 Å². The normalized spacial score (nSPS) is 25.9. The number of piperidine rings is 1. The van der Waals surface area contributed by atoms with Gasteiger partial charge in [0.25, 0.3) is 5.92 Å². The Balaban J connectivity index is 2.55. The van der Waals surface area contributed by atoms with Gasteiger partial charge < -0.3 is 5.11 Å². The second-order valence-electron chi connectivity index (χ2n) is 4.89. The fourth-order valence-corrected chi connectivity index (χ4v) is 3.15. The lowest BCUT2D eigenvalue weighted by molar-refractivity contribution is -0.133. The zero-order chi connectivity index (χ0) is 13.8. The number of rotatable bonds is 6. The molecule has 2 unspecified atom stereocenters. The summed E-state index contributed by atoms with van der Waals surface area (Å²) in [7, 11) is 0. The standard InChI is InChI=1S/C12H21F2NO2S/c1-3-9(2)15-8-12(13,14)5-4-10(15)6-18-7-11(16)17/h9-10H,3-8H2,1-2H3,(H,16,17). The van der Waals surface area contributed by atoms with E-state index in [9.17, 15) is 13.6 Å². The van der Waals surface area contributed by atoms with Crippen LogP contribution in [0, 0.1) is 0 Å². The van der Waals surface area contributed by atoms with Crippen LogP contribution in [0.2, 0.25) is 0 Å². The van der Waals surface area contributed by atoms with E-state index in [0.717, 1.165) is 6.42 Å². The Labute approximate surface area is 111 Å². The molecular formula is C12H21F2NO2S. The third-order valence-corrected chi connectivity index (χ3v) is 4.49. The highest BCUT2D eigenvalue weighted by molar-refractivity contribution is 7.99. The monoisotopic (exact) mass is 281 g/mol. The van der Waals surface area contributed by atoms with Crippen LogP contribution >= 0.6 is 11.8 Å². The molecule has 18 heavy (non-hydrogen) atoms. The number of carbonyl (C=O) groups is 1. The number of hydrogen-bond donors (Lipinski definition) is 1. The highest BCUT2D eigenvalue weighted by Crippen LogP contribution is 2.33. The van der Waals surface area contributed by atoms with E-state index in [1.165, 1.54) is 11.8 Å². The number of hydrogen-bond acceptors (Lipinski definition) is 3. The van der Waals surface area contributed by atoms with Gasteiger partial charge in [-0.2, -0.15) is 0 Å². The molecule has 0 aromatic carbocycles. The van der Waals surface area contributed by atoms with Crippen molar-refractivity contribution in [2.45, 2.75) is 51.1 Å². The van der Waals surface area contributed by atoms with Gasteiger partial charge in [0, 0.05) is 24.3 Å². The first kappa shape index (κ1) is 15.7. The van der Waals surface area contributed by atoms with Gasteiger partial charge in [0.15, 0.2) is 0 Å². The number of carboxylic acid groups (broad SMARTS) is 1. The van der Waals surface area contributed by atoms with E-state index >= 15 is 0 Å². The molecule has 2 atom stereocenters. The molecule has 3 nitrogen and oxygen atoms in total. The molecule has 1 rings (SSSR count). The Morgan fingerprint density at radius 3 is 2.83 bits per heavy atom. The van der Waals surface area contributed by atoms with Crippen molar-refractivity contribution in [3.8, 4) is 0 Å². The van der Waals surface area contributed by atoms with Crippen molar-refractivity contribution in [2.75, 3.05) is 18.1 Å². The largest absolute Gasteiger partial charge is 0.481 e. The van der Waals surface area contributed by atoms with Crippen molar-refractivity contribution in [2.24, 2.45) is 0 Å². The topological polar surface area (TPSA) is 40.5 Å². The molecule has 1 fully saturated rings. The first-order chi connectivity index (χ1) is 8.35. The van der Waals surface area contributed by atoms with E-state index in [2.05, 4.69) is 0 Å². The lowest BCUT2D eigenvalue weighted by Crippen LogP contribution is -2.53. The van der Waals surface area contributed by atoms with Crippen LogP contribution in [0.15, 0.2) is 0 Å². The van der Waals surface area contributed by atoms with Crippen LogP contribution in [0.4, 0.5) is 8.78 Å². The Morgan fingerprint density at radius 2 is 2.28 bits per heavy atom. The highest BCUT2D eigenvalue weighted by atomic mass is 32.2. The molecule has 0 radical (unpaired) electrons. The predicted molar refractivity (Wildman–Crippen MR) is 69.4 cm³/mol. The lowest BCUT2D eigenvalue weighted by Gasteiger charge is -2.42. The van der Waals surface area contributed by atoms with Gasteiger partial charge in [-0.05, 0) is 19.8 Å². The maximum absolute atomic E-state index is 13.4. The van der Waals surface area contributed by atoms with Gasteiger partial charge in [-0.1, -0.05) is 6.92 Å². The van der Waals surface area contributed by atoms with Crippen LogP contribution in [-0.2, 0) is 4.79 Å². The van der Waals surface area contributed by atoms with Crippen LogP contribution in [0.5, 0.6) is 0 Å². The Bertz CT molecular complexity index is 289. The Morgan fingerprint density at radius 1 is 1.61 bits per heavy atom. The Hall–Kier alpha value is -0.360. The van der Waals surface area contributed by atoms with Crippen LogP contribution < -0.4 is 0 Å². The van der Waals surface area contributed by atoms with Crippen molar-refractivity contribution in [3.05, 3.63) is 0 Å². The molecule has 0 bridgehead atoms. The summed E-state index contributed by atoms with van der Waals surface area (Å²) in [5, 5.41) is 8.59. The zero-order valence-electron chi connectivity index (χ0n) is 10.9. The minimum Gasteiger partial charge on any atom is -0.481 e. The minimum atomic E-state index is -2.60. The molecule has 0 saturated carbocycles. The first-order valence-corrected chi connectivity index (χ1v) is 7.44. The summed E-state index contributed by atoms with van der Waals surface area (Å²) in [5.74, 6) is -2.79. The third kappa shape index (κ3) is 4.72. The molecule has 0 spiro atoms. The Kier molecular flexibility index (Phi) is 5.85. The molecule has 6 heteroatoms. The van der Waals surface area contributed by atoms with Crippen LogP contribution in [0.25, 0.3) is 0 Å². The number of halogens is 2. The number of likely N-dealkylation sites (tertiary alicyclic amines) is 1. The summed E-state index contributed by atoms with van der Waals surface area (Å²) in [4.78, 5) is 12.3. The lowest BCUT2D eigenvalue weighted by atomic mass is 9.98. The maximum Gasteiger partial charge on any atom is 0.313 e. The van der Waals surface area contributed by atoms with Crippen molar-refractivity contribution >= 4 is 17.7 Å². The second-order valence-corrected chi connectivity index (χ2v) is 5.92. The van der Waals surface area contributed by atoms with E-state index in [-0.39, 0.29) is 30.8 Å². The van der Waals surface area contributed by atoms with Crippen molar-refractivity contribution in [3.63, 3.8) is 0 Å². The summed E-state index contributed by atoms with van der Waals surface area (Å²) in [6.45, 7) is 3.75. The molecule has 0 aromatic heterocycles. The number of alkyl halides is 2. The number of aliphatic carboxylic acids is 1. The summed E-state index contributed by atoms with van der Waals surface area (Å²) in [5.41, 5.74) is 0. The fourth-order valence-electron chi connectivity index (χ4n) is 2.23. The second kappa shape index (κ2) is 6.70. The van der Waals surface area contributed by atoms with E-state index in [0.29, 0.717) is 12.2 Å². The summed E-state index contributed by atoms with van der Waals surface area (Å²) >= 11 is 1.31. The number of thioether (sulfide) groups is 1. The average molecular weight is 281 g/mol.